The number of hydrogen-bond donors (Lipinski definition) is 2. The molecule has 2 N–H and O–H groups in total. The van der Waals surface area contributed by atoms with Gasteiger partial charge in [-0.15, -0.1) is 0 Å². The number of anilines is 2. The van der Waals surface area contributed by atoms with Crippen LogP contribution in [0.25, 0.3) is 0 Å². The lowest BCUT2D eigenvalue weighted by atomic mass is 10.1. The van der Waals surface area contributed by atoms with E-state index in [4.69, 9.17) is 0 Å². The highest BCUT2D eigenvalue weighted by molar-refractivity contribution is 5.89. The fraction of sp³-hybridized carbons (Fsp3) is 0.467. The van der Waals surface area contributed by atoms with Gasteiger partial charge < -0.3 is 20.1 Å². The first-order valence-electron chi connectivity index (χ1n) is 7.85. The summed E-state index contributed by atoms with van der Waals surface area (Å²) < 4.78 is 3.13. The minimum atomic E-state index is -0.274. The van der Waals surface area contributed by atoms with Crippen LogP contribution in [0.3, 0.4) is 0 Å². The molecule has 1 aliphatic heterocycles. The quantitative estimate of drug-likeness (QED) is 0.843. The van der Waals surface area contributed by atoms with E-state index in [1.54, 1.807) is 43.6 Å². The van der Waals surface area contributed by atoms with Crippen LogP contribution in [0.2, 0.25) is 0 Å². The Balaban J connectivity index is 1.62. The Labute approximate surface area is 139 Å². The van der Waals surface area contributed by atoms with Crippen molar-refractivity contribution in [3.8, 4) is 0 Å². The van der Waals surface area contributed by atoms with Crippen molar-refractivity contribution in [3.63, 3.8) is 0 Å². The molecule has 2 aromatic heterocycles. The number of aromatic nitrogens is 4. The van der Waals surface area contributed by atoms with Gasteiger partial charge in [0.05, 0.1) is 11.9 Å². The number of urea groups is 1. The Hall–Kier alpha value is -2.84. The zero-order valence-corrected chi connectivity index (χ0v) is 13.8. The summed E-state index contributed by atoms with van der Waals surface area (Å²) in [7, 11) is 3.49. The molecule has 9 heteroatoms. The second kappa shape index (κ2) is 6.73. The molecule has 1 fully saturated rings. The minimum Gasteiger partial charge on any atom is -0.350 e. The van der Waals surface area contributed by atoms with Gasteiger partial charge in [0.25, 0.3) is 5.56 Å². The first-order valence-corrected chi connectivity index (χ1v) is 7.85. The Kier molecular flexibility index (Phi) is 4.50. The lowest BCUT2D eigenvalue weighted by Crippen LogP contribution is -2.50. The summed E-state index contributed by atoms with van der Waals surface area (Å²) in [6, 6.07) is -0.314. The Morgan fingerprint density at radius 1 is 1.38 bits per heavy atom. The molecule has 2 amide bonds. The molecule has 128 valence electrons. The molecule has 0 saturated carbocycles. The number of nitrogens with zero attached hydrogens (tertiary/aromatic N) is 5. The van der Waals surface area contributed by atoms with Crippen molar-refractivity contribution in [2.75, 3.05) is 23.3 Å². The van der Waals surface area contributed by atoms with Gasteiger partial charge in [0.15, 0.2) is 5.82 Å². The molecule has 24 heavy (non-hydrogen) atoms. The van der Waals surface area contributed by atoms with Gasteiger partial charge in [0.2, 0.25) is 0 Å². The fourth-order valence-electron chi connectivity index (χ4n) is 2.83. The number of carbonyl (C=O) groups is 1. The SMILES string of the molecule is Cn1cc(NC(=O)N[C@H]2CCCN(c3nccn(C)c3=O)C2)cn1. The maximum absolute atomic E-state index is 12.2. The summed E-state index contributed by atoms with van der Waals surface area (Å²) in [6.45, 7) is 1.32. The van der Waals surface area contributed by atoms with Crippen molar-refractivity contribution in [1.29, 1.82) is 0 Å². The van der Waals surface area contributed by atoms with Crippen molar-refractivity contribution in [3.05, 3.63) is 35.1 Å². The van der Waals surface area contributed by atoms with E-state index in [9.17, 15) is 9.59 Å². The third-order valence-corrected chi connectivity index (χ3v) is 4.02. The van der Waals surface area contributed by atoms with Crippen LogP contribution in [0.4, 0.5) is 16.3 Å². The molecule has 3 heterocycles. The van der Waals surface area contributed by atoms with E-state index in [0.29, 0.717) is 18.1 Å². The van der Waals surface area contributed by atoms with Gasteiger partial charge in [-0.2, -0.15) is 5.10 Å². The zero-order chi connectivity index (χ0) is 17.1. The molecule has 0 bridgehead atoms. The molecular weight excluding hydrogens is 310 g/mol. The average Bonchev–Trinajstić information content (AvgIpc) is 2.95. The normalized spacial score (nSPS) is 17.6. The largest absolute Gasteiger partial charge is 0.350 e. The number of amides is 2. The van der Waals surface area contributed by atoms with E-state index < -0.39 is 0 Å². The van der Waals surface area contributed by atoms with E-state index in [1.165, 1.54) is 4.57 Å². The number of hydrogen-bond acceptors (Lipinski definition) is 5. The lowest BCUT2D eigenvalue weighted by molar-refractivity contribution is 0.246. The maximum atomic E-state index is 12.2. The van der Waals surface area contributed by atoms with Crippen LogP contribution >= 0.6 is 0 Å². The third-order valence-electron chi connectivity index (χ3n) is 4.02. The highest BCUT2D eigenvalue weighted by atomic mass is 16.2. The lowest BCUT2D eigenvalue weighted by Gasteiger charge is -2.33. The summed E-state index contributed by atoms with van der Waals surface area (Å²) in [5, 5.41) is 9.70. The second-order valence-corrected chi connectivity index (χ2v) is 5.95. The zero-order valence-electron chi connectivity index (χ0n) is 13.8. The van der Waals surface area contributed by atoms with Crippen LogP contribution in [0, 0.1) is 0 Å². The Morgan fingerprint density at radius 3 is 2.96 bits per heavy atom. The van der Waals surface area contributed by atoms with E-state index in [1.807, 2.05) is 4.90 Å². The van der Waals surface area contributed by atoms with Gasteiger partial charge in [-0.25, -0.2) is 9.78 Å². The molecule has 0 radical (unpaired) electrons. The summed E-state index contributed by atoms with van der Waals surface area (Å²) in [4.78, 5) is 30.4. The molecule has 3 rings (SSSR count). The van der Waals surface area contributed by atoms with Crippen LogP contribution in [-0.4, -0.2) is 44.5 Å². The van der Waals surface area contributed by atoms with Crippen LogP contribution in [0.5, 0.6) is 0 Å². The number of carbonyl (C=O) groups excluding carboxylic acids is 1. The predicted molar refractivity (Wildman–Crippen MR) is 90.1 cm³/mol. The van der Waals surface area contributed by atoms with Crippen molar-refractivity contribution in [2.24, 2.45) is 14.1 Å². The third kappa shape index (κ3) is 3.55. The minimum absolute atomic E-state index is 0.0397. The van der Waals surface area contributed by atoms with Crippen LogP contribution in [0.1, 0.15) is 12.8 Å². The molecule has 1 saturated heterocycles. The van der Waals surface area contributed by atoms with Gasteiger partial charge in [0, 0.05) is 51.8 Å². The van der Waals surface area contributed by atoms with E-state index in [2.05, 4.69) is 20.7 Å². The maximum Gasteiger partial charge on any atom is 0.319 e. The van der Waals surface area contributed by atoms with Crippen molar-refractivity contribution < 1.29 is 4.79 Å². The van der Waals surface area contributed by atoms with Gasteiger partial charge in [-0.1, -0.05) is 0 Å². The van der Waals surface area contributed by atoms with Crippen molar-refractivity contribution in [1.82, 2.24) is 24.6 Å². The van der Waals surface area contributed by atoms with Crippen LogP contribution in [-0.2, 0) is 14.1 Å². The highest BCUT2D eigenvalue weighted by Gasteiger charge is 2.24. The molecular formula is C15H21N7O2. The Bertz CT molecular complexity index is 782. The summed E-state index contributed by atoms with van der Waals surface area (Å²) in [5.74, 6) is 0.430. The molecule has 0 spiro atoms. The topological polar surface area (TPSA) is 97.1 Å². The summed E-state index contributed by atoms with van der Waals surface area (Å²) >= 11 is 0. The molecule has 0 aliphatic carbocycles. The van der Waals surface area contributed by atoms with E-state index >= 15 is 0 Å². The number of piperidine rings is 1. The molecule has 0 aromatic carbocycles. The summed E-state index contributed by atoms with van der Waals surface area (Å²) in [5.41, 5.74) is 0.513. The fourth-order valence-corrected chi connectivity index (χ4v) is 2.83. The monoisotopic (exact) mass is 331 g/mol. The second-order valence-electron chi connectivity index (χ2n) is 5.95. The van der Waals surface area contributed by atoms with Crippen LogP contribution in [0.15, 0.2) is 29.6 Å². The number of rotatable bonds is 3. The molecule has 1 aliphatic rings. The van der Waals surface area contributed by atoms with Gasteiger partial charge in [0.1, 0.15) is 0 Å². The van der Waals surface area contributed by atoms with E-state index in [-0.39, 0.29) is 17.6 Å². The summed E-state index contributed by atoms with van der Waals surface area (Å²) in [6.07, 6.45) is 8.31. The number of aryl methyl sites for hydroxylation is 2. The van der Waals surface area contributed by atoms with Gasteiger partial charge in [-0.3, -0.25) is 9.48 Å². The van der Waals surface area contributed by atoms with Crippen molar-refractivity contribution >= 4 is 17.5 Å². The van der Waals surface area contributed by atoms with Gasteiger partial charge in [-0.05, 0) is 12.8 Å². The molecule has 1 atom stereocenters. The first kappa shape index (κ1) is 16.0. The molecule has 0 unspecified atom stereocenters. The predicted octanol–water partition coefficient (Wildman–Crippen LogP) is 0.304. The standard InChI is InChI=1S/C15H21N7O2/c1-20-7-5-16-13(14(20)23)22-6-3-4-11(10-22)18-15(24)19-12-8-17-21(2)9-12/h5,7-9,11H,3-4,6,10H2,1-2H3,(H2,18,19,24)/t11-/m0/s1. The van der Waals surface area contributed by atoms with Crippen LogP contribution < -0.4 is 21.1 Å². The number of nitrogens with one attached hydrogen (secondary N) is 2. The first-order chi connectivity index (χ1) is 11.5. The van der Waals surface area contributed by atoms with E-state index in [0.717, 1.165) is 19.4 Å². The molecule has 9 nitrogen and oxygen atoms in total. The average molecular weight is 331 g/mol. The Morgan fingerprint density at radius 2 is 2.21 bits per heavy atom. The smallest absolute Gasteiger partial charge is 0.319 e. The molecule has 2 aromatic rings. The van der Waals surface area contributed by atoms with Crippen molar-refractivity contribution in [2.45, 2.75) is 18.9 Å². The van der Waals surface area contributed by atoms with Gasteiger partial charge >= 0.3 is 6.03 Å². The highest BCUT2D eigenvalue weighted by Crippen LogP contribution is 2.14.